The molecule has 0 saturated heterocycles. The second kappa shape index (κ2) is 6.37. The summed E-state index contributed by atoms with van der Waals surface area (Å²) >= 11 is 0. The van der Waals surface area contributed by atoms with Crippen molar-refractivity contribution in [2.24, 2.45) is 5.73 Å². The highest BCUT2D eigenvalue weighted by Gasteiger charge is 2.18. The zero-order chi connectivity index (χ0) is 11.1. The topological polar surface area (TPSA) is 84.2 Å². The Labute approximate surface area is 84.4 Å². The van der Waals surface area contributed by atoms with Gasteiger partial charge in [-0.1, -0.05) is 13.3 Å². The molecular formula is C9H19N3O2. The Bertz CT molecular complexity index is 206. The molecule has 5 nitrogen and oxygen atoms in total. The Kier molecular flexibility index (Phi) is 5.87. The van der Waals surface area contributed by atoms with Crippen LogP contribution in [0.25, 0.3) is 0 Å². The Morgan fingerprint density at radius 1 is 1.36 bits per heavy atom. The van der Waals surface area contributed by atoms with Crippen molar-refractivity contribution in [1.82, 2.24) is 10.6 Å². The van der Waals surface area contributed by atoms with E-state index < -0.39 is 12.1 Å². The molecule has 0 aromatic heterocycles. The maximum Gasteiger partial charge on any atom is 0.242 e. The first-order chi connectivity index (χ1) is 6.52. The van der Waals surface area contributed by atoms with Crippen molar-refractivity contribution in [3.05, 3.63) is 0 Å². The normalized spacial score (nSPS) is 14.3. The van der Waals surface area contributed by atoms with Crippen LogP contribution in [0, 0.1) is 0 Å². The predicted octanol–water partition coefficient (Wildman–Crippen LogP) is -0.635. The Balaban J connectivity index is 3.98. The van der Waals surface area contributed by atoms with Gasteiger partial charge in [0.05, 0.1) is 6.04 Å². The molecule has 0 aliphatic heterocycles. The molecule has 5 heteroatoms. The highest BCUT2D eigenvalue weighted by atomic mass is 16.2. The summed E-state index contributed by atoms with van der Waals surface area (Å²) in [7, 11) is 1.52. The van der Waals surface area contributed by atoms with E-state index in [0.29, 0.717) is 6.42 Å². The maximum absolute atomic E-state index is 11.3. The summed E-state index contributed by atoms with van der Waals surface area (Å²) in [4.78, 5) is 22.4. The van der Waals surface area contributed by atoms with Gasteiger partial charge in [0.1, 0.15) is 6.04 Å². The first-order valence-corrected chi connectivity index (χ1v) is 4.80. The largest absolute Gasteiger partial charge is 0.357 e. The van der Waals surface area contributed by atoms with Crippen LogP contribution in [0.5, 0.6) is 0 Å². The van der Waals surface area contributed by atoms with Gasteiger partial charge in [-0.05, 0) is 13.3 Å². The molecule has 2 atom stereocenters. The van der Waals surface area contributed by atoms with E-state index in [9.17, 15) is 9.59 Å². The van der Waals surface area contributed by atoms with Gasteiger partial charge in [0.2, 0.25) is 11.8 Å². The minimum atomic E-state index is -0.532. The van der Waals surface area contributed by atoms with Crippen LogP contribution in [-0.4, -0.2) is 30.9 Å². The number of nitrogens with two attached hydrogens (primary N) is 1. The molecule has 0 aromatic rings. The molecule has 2 amide bonds. The van der Waals surface area contributed by atoms with Gasteiger partial charge in [0.25, 0.3) is 0 Å². The van der Waals surface area contributed by atoms with Crippen LogP contribution in [0.3, 0.4) is 0 Å². The minimum Gasteiger partial charge on any atom is -0.357 e. The zero-order valence-corrected chi connectivity index (χ0v) is 8.96. The number of carbonyl (C=O) groups is 2. The lowest BCUT2D eigenvalue weighted by Gasteiger charge is -2.15. The molecule has 82 valence electrons. The van der Waals surface area contributed by atoms with Crippen LogP contribution >= 0.6 is 0 Å². The van der Waals surface area contributed by atoms with Crippen molar-refractivity contribution in [3.8, 4) is 0 Å². The minimum absolute atomic E-state index is 0.220. The SMILES string of the molecule is CCC[C@H](N)C(=O)NC(C)C(=O)NC. The molecule has 0 radical (unpaired) electrons. The first-order valence-electron chi connectivity index (χ1n) is 4.80. The molecule has 14 heavy (non-hydrogen) atoms. The lowest BCUT2D eigenvalue weighted by Crippen LogP contribution is -2.49. The third-order valence-electron chi connectivity index (χ3n) is 1.93. The fourth-order valence-corrected chi connectivity index (χ4v) is 1.04. The highest BCUT2D eigenvalue weighted by Crippen LogP contribution is 1.94. The molecule has 0 aromatic carbocycles. The van der Waals surface area contributed by atoms with E-state index in [4.69, 9.17) is 5.73 Å². The molecule has 0 spiro atoms. The van der Waals surface area contributed by atoms with E-state index in [1.54, 1.807) is 6.92 Å². The average Bonchev–Trinajstić information content (AvgIpc) is 2.16. The molecule has 0 rings (SSSR count). The average molecular weight is 201 g/mol. The molecule has 1 unspecified atom stereocenters. The number of likely N-dealkylation sites (N-methyl/N-ethyl adjacent to an activating group) is 1. The second-order valence-corrected chi connectivity index (χ2v) is 3.24. The summed E-state index contributed by atoms with van der Waals surface area (Å²) in [5.74, 6) is -0.495. The molecular weight excluding hydrogens is 182 g/mol. The van der Waals surface area contributed by atoms with E-state index in [-0.39, 0.29) is 11.8 Å². The second-order valence-electron chi connectivity index (χ2n) is 3.24. The van der Waals surface area contributed by atoms with Crippen LogP contribution in [-0.2, 0) is 9.59 Å². The van der Waals surface area contributed by atoms with E-state index >= 15 is 0 Å². The van der Waals surface area contributed by atoms with Gasteiger partial charge >= 0.3 is 0 Å². The van der Waals surface area contributed by atoms with Gasteiger partial charge in [-0.15, -0.1) is 0 Å². The van der Waals surface area contributed by atoms with Crippen LogP contribution in [0.1, 0.15) is 26.7 Å². The Hall–Kier alpha value is -1.10. The van der Waals surface area contributed by atoms with Crippen molar-refractivity contribution in [3.63, 3.8) is 0 Å². The Morgan fingerprint density at radius 3 is 2.36 bits per heavy atom. The zero-order valence-electron chi connectivity index (χ0n) is 8.96. The smallest absolute Gasteiger partial charge is 0.242 e. The first kappa shape index (κ1) is 12.9. The Morgan fingerprint density at radius 2 is 1.93 bits per heavy atom. The number of hydrogen-bond donors (Lipinski definition) is 3. The quantitative estimate of drug-likeness (QED) is 0.553. The molecule has 0 saturated carbocycles. The van der Waals surface area contributed by atoms with Crippen LogP contribution in [0.4, 0.5) is 0 Å². The van der Waals surface area contributed by atoms with E-state index in [0.717, 1.165) is 6.42 Å². The highest BCUT2D eigenvalue weighted by molar-refractivity contribution is 5.89. The van der Waals surface area contributed by atoms with Gasteiger partial charge in [0.15, 0.2) is 0 Å². The number of rotatable bonds is 5. The summed E-state index contributed by atoms with van der Waals surface area (Å²) in [6.45, 7) is 3.57. The number of nitrogens with one attached hydrogen (secondary N) is 2. The van der Waals surface area contributed by atoms with Gasteiger partial charge in [-0.2, -0.15) is 0 Å². The number of carbonyl (C=O) groups excluding carboxylic acids is 2. The molecule has 0 aliphatic carbocycles. The lowest BCUT2D eigenvalue weighted by molar-refractivity contribution is -0.129. The molecule has 0 fully saturated rings. The van der Waals surface area contributed by atoms with Crippen molar-refractivity contribution in [1.29, 1.82) is 0 Å². The standard InChI is InChI=1S/C9H19N3O2/c1-4-5-7(10)9(14)12-6(2)8(13)11-3/h6-7H,4-5,10H2,1-3H3,(H,11,13)(H,12,14)/t6?,7-/m0/s1. The lowest BCUT2D eigenvalue weighted by atomic mass is 10.1. The maximum atomic E-state index is 11.3. The van der Waals surface area contributed by atoms with Gasteiger partial charge in [-0.25, -0.2) is 0 Å². The fraction of sp³-hybridized carbons (Fsp3) is 0.778. The molecule has 0 heterocycles. The predicted molar refractivity (Wildman–Crippen MR) is 54.6 cm³/mol. The van der Waals surface area contributed by atoms with Crippen molar-refractivity contribution in [2.75, 3.05) is 7.05 Å². The third-order valence-corrected chi connectivity index (χ3v) is 1.93. The van der Waals surface area contributed by atoms with E-state index in [1.807, 2.05) is 6.92 Å². The van der Waals surface area contributed by atoms with E-state index in [1.165, 1.54) is 7.05 Å². The van der Waals surface area contributed by atoms with E-state index in [2.05, 4.69) is 10.6 Å². The summed E-state index contributed by atoms with van der Waals surface area (Å²) in [5.41, 5.74) is 5.57. The molecule has 0 bridgehead atoms. The van der Waals surface area contributed by atoms with Gasteiger partial charge in [0, 0.05) is 7.05 Å². The van der Waals surface area contributed by atoms with Crippen molar-refractivity contribution < 1.29 is 9.59 Å². The van der Waals surface area contributed by atoms with Crippen LogP contribution in [0.15, 0.2) is 0 Å². The summed E-state index contributed by atoms with van der Waals surface area (Å²) < 4.78 is 0. The van der Waals surface area contributed by atoms with Gasteiger partial charge in [-0.3, -0.25) is 9.59 Å². The third kappa shape index (κ3) is 4.23. The van der Waals surface area contributed by atoms with Crippen molar-refractivity contribution >= 4 is 11.8 Å². The number of hydrogen-bond acceptors (Lipinski definition) is 3. The van der Waals surface area contributed by atoms with Gasteiger partial charge < -0.3 is 16.4 Å². The monoisotopic (exact) mass is 201 g/mol. The summed E-state index contributed by atoms with van der Waals surface area (Å²) in [5, 5.41) is 4.99. The molecule has 4 N–H and O–H groups in total. The summed E-state index contributed by atoms with van der Waals surface area (Å²) in [6, 6.07) is -1.05. The van der Waals surface area contributed by atoms with Crippen LogP contribution in [0.2, 0.25) is 0 Å². The number of amides is 2. The van der Waals surface area contributed by atoms with Crippen molar-refractivity contribution in [2.45, 2.75) is 38.8 Å². The molecule has 0 aliphatic rings. The summed E-state index contributed by atoms with van der Waals surface area (Å²) in [6.07, 6.45) is 1.48. The van der Waals surface area contributed by atoms with Crippen LogP contribution < -0.4 is 16.4 Å². The fourth-order valence-electron chi connectivity index (χ4n) is 1.04.